The fourth-order valence-corrected chi connectivity index (χ4v) is 2.79. The Morgan fingerprint density at radius 3 is 2.60 bits per heavy atom. The van der Waals surface area contributed by atoms with E-state index in [1.54, 1.807) is 17.4 Å². The van der Waals surface area contributed by atoms with Gasteiger partial charge in [0, 0.05) is 22.0 Å². The van der Waals surface area contributed by atoms with Crippen molar-refractivity contribution in [1.82, 2.24) is 0 Å². The first-order chi connectivity index (χ1) is 9.40. The largest absolute Gasteiger partial charge is 0.380 e. The molecule has 0 atom stereocenters. The van der Waals surface area contributed by atoms with Crippen LogP contribution in [-0.4, -0.2) is 0 Å². The first-order valence-corrected chi connectivity index (χ1v) is 7.24. The van der Waals surface area contributed by atoms with Gasteiger partial charge in [-0.15, -0.1) is 11.3 Å². The summed E-state index contributed by atoms with van der Waals surface area (Å²) >= 11 is 1.77. The average Bonchev–Trinajstić information content (AvgIpc) is 2.86. The van der Waals surface area contributed by atoms with E-state index in [0.29, 0.717) is 6.54 Å². The zero-order valence-electron chi connectivity index (χ0n) is 11.8. The third-order valence-corrected chi connectivity index (χ3v) is 4.47. The molecule has 0 spiro atoms. The van der Waals surface area contributed by atoms with E-state index in [0.717, 1.165) is 5.69 Å². The molecule has 1 N–H and O–H groups in total. The maximum atomic E-state index is 13.2. The van der Waals surface area contributed by atoms with Crippen LogP contribution in [0.1, 0.15) is 36.1 Å². The van der Waals surface area contributed by atoms with Gasteiger partial charge in [-0.2, -0.15) is 5.26 Å². The number of nitrogens with zero attached hydrogens (tertiary/aromatic N) is 1. The highest BCUT2D eigenvalue weighted by Crippen LogP contribution is 2.29. The van der Waals surface area contributed by atoms with Crippen molar-refractivity contribution in [2.45, 2.75) is 32.7 Å². The Balaban J connectivity index is 2.06. The second-order valence-corrected chi connectivity index (χ2v) is 6.84. The van der Waals surface area contributed by atoms with E-state index in [1.165, 1.54) is 21.9 Å². The molecule has 0 saturated heterocycles. The van der Waals surface area contributed by atoms with Crippen LogP contribution >= 0.6 is 11.3 Å². The number of nitriles is 1. The normalized spacial score (nSPS) is 11.2. The van der Waals surface area contributed by atoms with Gasteiger partial charge in [0.25, 0.3) is 0 Å². The summed E-state index contributed by atoms with van der Waals surface area (Å²) in [5.41, 5.74) is 0.984. The molecule has 104 valence electrons. The fraction of sp³-hybridized carbons (Fsp3) is 0.312. The van der Waals surface area contributed by atoms with Crippen molar-refractivity contribution in [2.75, 3.05) is 5.32 Å². The highest BCUT2D eigenvalue weighted by molar-refractivity contribution is 7.12. The SMILES string of the molecule is CC(C)(C)c1ccc(CNc2ccc(F)c(C#N)c2)s1. The zero-order chi connectivity index (χ0) is 14.8. The number of hydrogen-bond donors (Lipinski definition) is 1. The number of anilines is 1. The number of hydrogen-bond acceptors (Lipinski definition) is 3. The minimum absolute atomic E-state index is 0.0663. The third-order valence-electron chi connectivity index (χ3n) is 2.95. The van der Waals surface area contributed by atoms with Gasteiger partial charge in [0.05, 0.1) is 5.56 Å². The summed E-state index contributed by atoms with van der Waals surface area (Å²) < 4.78 is 13.2. The summed E-state index contributed by atoms with van der Waals surface area (Å²) in [6.45, 7) is 7.25. The van der Waals surface area contributed by atoms with E-state index >= 15 is 0 Å². The van der Waals surface area contributed by atoms with E-state index in [2.05, 4.69) is 38.2 Å². The lowest BCUT2D eigenvalue weighted by Gasteiger charge is -2.15. The van der Waals surface area contributed by atoms with E-state index in [1.807, 2.05) is 6.07 Å². The summed E-state index contributed by atoms with van der Waals surface area (Å²) in [5.74, 6) is -0.482. The number of halogens is 1. The quantitative estimate of drug-likeness (QED) is 0.891. The molecule has 1 heterocycles. The van der Waals surface area contributed by atoms with Gasteiger partial charge in [-0.3, -0.25) is 0 Å². The van der Waals surface area contributed by atoms with Crippen molar-refractivity contribution in [3.63, 3.8) is 0 Å². The molecule has 0 fully saturated rings. The Morgan fingerprint density at radius 1 is 1.25 bits per heavy atom. The van der Waals surface area contributed by atoms with Crippen LogP contribution in [0.5, 0.6) is 0 Å². The lowest BCUT2D eigenvalue weighted by atomic mass is 9.95. The van der Waals surface area contributed by atoms with Gasteiger partial charge in [-0.25, -0.2) is 4.39 Å². The molecule has 2 nitrogen and oxygen atoms in total. The first kappa shape index (κ1) is 14.5. The van der Waals surface area contributed by atoms with Crippen LogP contribution in [0.2, 0.25) is 0 Å². The van der Waals surface area contributed by atoms with Crippen LogP contribution in [-0.2, 0) is 12.0 Å². The van der Waals surface area contributed by atoms with Crippen molar-refractivity contribution in [2.24, 2.45) is 0 Å². The van der Waals surface area contributed by atoms with Crippen LogP contribution in [0, 0.1) is 17.1 Å². The second-order valence-electron chi connectivity index (χ2n) is 5.68. The molecule has 1 aromatic carbocycles. The molecule has 0 bridgehead atoms. The van der Waals surface area contributed by atoms with Gasteiger partial charge in [0.15, 0.2) is 0 Å². The van der Waals surface area contributed by atoms with Crippen molar-refractivity contribution in [1.29, 1.82) is 5.26 Å². The molecular weight excluding hydrogens is 271 g/mol. The zero-order valence-corrected chi connectivity index (χ0v) is 12.6. The molecule has 2 rings (SSSR count). The number of nitrogens with one attached hydrogen (secondary N) is 1. The second kappa shape index (κ2) is 5.64. The maximum absolute atomic E-state index is 13.2. The summed E-state index contributed by atoms with van der Waals surface area (Å²) in [6, 6.07) is 10.6. The summed E-state index contributed by atoms with van der Waals surface area (Å²) in [7, 11) is 0. The predicted octanol–water partition coefficient (Wildman–Crippen LogP) is 4.67. The van der Waals surface area contributed by atoms with E-state index in [9.17, 15) is 4.39 Å². The molecular formula is C16H17FN2S. The smallest absolute Gasteiger partial charge is 0.141 e. The molecule has 1 aromatic heterocycles. The minimum Gasteiger partial charge on any atom is -0.380 e. The topological polar surface area (TPSA) is 35.8 Å². The van der Waals surface area contributed by atoms with Gasteiger partial charge >= 0.3 is 0 Å². The number of rotatable bonds is 3. The number of thiophene rings is 1. The first-order valence-electron chi connectivity index (χ1n) is 6.43. The van der Waals surface area contributed by atoms with Crippen molar-refractivity contribution in [3.05, 3.63) is 51.5 Å². The van der Waals surface area contributed by atoms with E-state index in [4.69, 9.17) is 5.26 Å². The molecule has 2 aromatic rings. The summed E-state index contributed by atoms with van der Waals surface area (Å²) in [5, 5.41) is 12.0. The Bertz CT molecular complexity index is 647. The Labute approximate surface area is 122 Å². The van der Waals surface area contributed by atoms with Crippen LogP contribution in [0.15, 0.2) is 30.3 Å². The highest BCUT2D eigenvalue weighted by atomic mass is 32.1. The van der Waals surface area contributed by atoms with Crippen LogP contribution in [0.25, 0.3) is 0 Å². The van der Waals surface area contributed by atoms with E-state index in [-0.39, 0.29) is 11.0 Å². The summed E-state index contributed by atoms with van der Waals surface area (Å²) in [6.07, 6.45) is 0. The lowest BCUT2D eigenvalue weighted by Crippen LogP contribution is -2.07. The minimum atomic E-state index is -0.482. The van der Waals surface area contributed by atoms with Gasteiger partial charge in [0.2, 0.25) is 0 Å². The molecule has 4 heteroatoms. The molecule has 20 heavy (non-hydrogen) atoms. The highest BCUT2D eigenvalue weighted by Gasteiger charge is 2.15. The maximum Gasteiger partial charge on any atom is 0.141 e. The van der Waals surface area contributed by atoms with Crippen molar-refractivity contribution in [3.8, 4) is 6.07 Å². The van der Waals surface area contributed by atoms with Gasteiger partial charge in [0.1, 0.15) is 11.9 Å². The Hall–Kier alpha value is -1.86. The molecule has 0 amide bonds. The van der Waals surface area contributed by atoms with Crippen molar-refractivity contribution < 1.29 is 4.39 Å². The molecule has 0 saturated carbocycles. The lowest BCUT2D eigenvalue weighted by molar-refractivity contribution is 0.604. The van der Waals surface area contributed by atoms with Gasteiger partial charge in [-0.1, -0.05) is 20.8 Å². The molecule has 0 aliphatic rings. The van der Waals surface area contributed by atoms with Gasteiger partial charge in [-0.05, 0) is 35.7 Å². The van der Waals surface area contributed by atoms with Crippen LogP contribution < -0.4 is 5.32 Å². The average molecular weight is 288 g/mol. The van der Waals surface area contributed by atoms with Crippen LogP contribution in [0.3, 0.4) is 0 Å². The molecule has 0 aliphatic carbocycles. The Morgan fingerprint density at radius 2 is 2.00 bits per heavy atom. The number of benzene rings is 1. The van der Waals surface area contributed by atoms with Crippen LogP contribution in [0.4, 0.5) is 10.1 Å². The van der Waals surface area contributed by atoms with E-state index < -0.39 is 5.82 Å². The molecule has 0 aliphatic heterocycles. The fourth-order valence-electron chi connectivity index (χ4n) is 1.79. The summed E-state index contributed by atoms with van der Waals surface area (Å²) in [4.78, 5) is 2.56. The third kappa shape index (κ3) is 3.37. The van der Waals surface area contributed by atoms with Crippen molar-refractivity contribution >= 4 is 17.0 Å². The van der Waals surface area contributed by atoms with Gasteiger partial charge < -0.3 is 5.32 Å². The monoisotopic (exact) mass is 288 g/mol. The predicted molar refractivity (Wildman–Crippen MR) is 81.5 cm³/mol. The molecule has 0 unspecified atom stereocenters. The molecule has 0 radical (unpaired) electrons. The standard InChI is InChI=1S/C16H17FN2S/c1-16(2,3)15-7-5-13(20-15)10-19-12-4-6-14(17)11(8-12)9-18/h4-8,19H,10H2,1-3H3. The Kier molecular flexibility index (Phi) is 4.10.